The van der Waals surface area contributed by atoms with Crippen molar-refractivity contribution in [1.29, 1.82) is 0 Å². The summed E-state index contributed by atoms with van der Waals surface area (Å²) in [5.41, 5.74) is 1.36. The van der Waals surface area contributed by atoms with E-state index in [1.807, 2.05) is 0 Å². The van der Waals surface area contributed by atoms with Crippen LogP contribution in [0.2, 0.25) is 0 Å². The molecule has 3 fully saturated rings. The van der Waals surface area contributed by atoms with E-state index in [4.69, 9.17) is 9.47 Å². The van der Waals surface area contributed by atoms with Crippen molar-refractivity contribution in [1.82, 2.24) is 0 Å². The second kappa shape index (κ2) is 15.8. The van der Waals surface area contributed by atoms with Gasteiger partial charge in [0.25, 0.3) is 0 Å². The van der Waals surface area contributed by atoms with Gasteiger partial charge in [-0.25, -0.2) is 0 Å². The summed E-state index contributed by atoms with van der Waals surface area (Å²) in [4.78, 5) is 0. The lowest BCUT2D eigenvalue weighted by atomic mass is 9.72. The van der Waals surface area contributed by atoms with Crippen molar-refractivity contribution in [2.75, 3.05) is 19.8 Å². The quantitative estimate of drug-likeness (QED) is 0.361. The van der Waals surface area contributed by atoms with E-state index in [2.05, 4.69) is 62.3 Å². The van der Waals surface area contributed by atoms with E-state index < -0.39 is 0 Å². The number of hydrogen-bond acceptors (Lipinski definition) is 2. The van der Waals surface area contributed by atoms with Gasteiger partial charge in [-0.05, 0) is 73.0 Å². The van der Waals surface area contributed by atoms with E-state index in [1.54, 1.807) is 0 Å². The van der Waals surface area contributed by atoms with E-state index in [-0.39, 0.29) is 14.9 Å². The number of ether oxygens (including phenoxy) is 2. The first-order chi connectivity index (χ1) is 13.8. The highest BCUT2D eigenvalue weighted by molar-refractivity contribution is 4.78. The molecule has 0 radical (unpaired) electrons. The Morgan fingerprint density at radius 2 is 1.00 bits per heavy atom. The molecule has 2 atom stereocenters. The Morgan fingerprint density at radius 3 is 1.28 bits per heavy atom. The van der Waals surface area contributed by atoms with Gasteiger partial charge in [-0.1, -0.05) is 96.4 Å². The molecule has 1 saturated carbocycles. The third-order valence-corrected chi connectivity index (χ3v) is 7.36. The van der Waals surface area contributed by atoms with E-state index in [1.165, 1.54) is 64.2 Å². The fourth-order valence-electron chi connectivity index (χ4n) is 4.82. The molecule has 2 nitrogen and oxygen atoms in total. The normalized spacial score (nSPS) is 25.0. The van der Waals surface area contributed by atoms with Crippen molar-refractivity contribution < 1.29 is 9.47 Å². The van der Waals surface area contributed by atoms with Crippen LogP contribution in [-0.2, 0) is 9.47 Å². The van der Waals surface area contributed by atoms with Gasteiger partial charge in [0.2, 0.25) is 0 Å². The Labute approximate surface area is 205 Å². The third kappa shape index (κ3) is 14.2. The summed E-state index contributed by atoms with van der Waals surface area (Å²) < 4.78 is 11.1. The van der Waals surface area contributed by atoms with Crippen LogP contribution in [0, 0.1) is 28.1 Å². The fourth-order valence-corrected chi connectivity index (χ4v) is 4.82. The zero-order valence-corrected chi connectivity index (χ0v) is 22.2. The summed E-state index contributed by atoms with van der Waals surface area (Å²) in [5.74, 6) is 1.78. The van der Waals surface area contributed by atoms with Crippen LogP contribution in [0.3, 0.4) is 0 Å². The number of hydrogen-bond donors (Lipinski definition) is 0. The first-order valence-corrected chi connectivity index (χ1v) is 13.0. The topological polar surface area (TPSA) is 18.5 Å². The van der Waals surface area contributed by atoms with Gasteiger partial charge in [0.15, 0.2) is 0 Å². The lowest BCUT2D eigenvalue weighted by Gasteiger charge is -2.33. The zero-order chi connectivity index (χ0) is 22.8. The summed E-state index contributed by atoms with van der Waals surface area (Å²) in [5, 5.41) is 0. The molecule has 0 N–H and O–H groups in total. The Balaban J connectivity index is 0. The van der Waals surface area contributed by atoms with Gasteiger partial charge in [0.1, 0.15) is 0 Å². The molecule has 2 saturated heterocycles. The SMILES string of the molecule is C.C.CC(C)(C)C1CCCCC1.CC(C)(C)C1CCCCO1.CC(C)(C)C1CCCOC1. The van der Waals surface area contributed by atoms with Gasteiger partial charge < -0.3 is 9.47 Å². The van der Waals surface area contributed by atoms with Crippen LogP contribution in [0.15, 0.2) is 0 Å². The average molecular weight is 457 g/mol. The summed E-state index contributed by atoms with van der Waals surface area (Å²) >= 11 is 0. The van der Waals surface area contributed by atoms with Crippen LogP contribution in [0.25, 0.3) is 0 Å². The molecular formula is C30H64O2. The zero-order valence-electron chi connectivity index (χ0n) is 22.2. The molecule has 2 aliphatic heterocycles. The monoisotopic (exact) mass is 456 g/mol. The van der Waals surface area contributed by atoms with Gasteiger partial charge in [-0.3, -0.25) is 0 Å². The summed E-state index contributed by atoms with van der Waals surface area (Å²) in [6.45, 7) is 23.7. The molecule has 1 aliphatic carbocycles. The van der Waals surface area contributed by atoms with Gasteiger partial charge in [0, 0.05) is 19.8 Å². The Kier molecular flexibility index (Phi) is 16.8. The lowest BCUT2D eigenvalue weighted by molar-refractivity contribution is -0.0474. The lowest BCUT2D eigenvalue weighted by Crippen LogP contribution is -2.32. The molecular weight excluding hydrogens is 392 g/mol. The van der Waals surface area contributed by atoms with E-state index in [9.17, 15) is 0 Å². The minimum Gasteiger partial charge on any atom is -0.381 e. The molecule has 2 heteroatoms. The van der Waals surface area contributed by atoms with Crippen molar-refractivity contribution in [3.8, 4) is 0 Å². The van der Waals surface area contributed by atoms with Crippen molar-refractivity contribution >= 4 is 0 Å². The molecule has 0 amide bonds. The van der Waals surface area contributed by atoms with E-state index in [0.29, 0.717) is 22.3 Å². The van der Waals surface area contributed by atoms with Gasteiger partial charge >= 0.3 is 0 Å². The van der Waals surface area contributed by atoms with Gasteiger partial charge in [-0.2, -0.15) is 0 Å². The second-order valence-corrected chi connectivity index (χ2v) is 13.2. The minimum absolute atomic E-state index is 0. The summed E-state index contributed by atoms with van der Waals surface area (Å²) in [7, 11) is 0. The van der Waals surface area contributed by atoms with Crippen molar-refractivity contribution in [3.05, 3.63) is 0 Å². The van der Waals surface area contributed by atoms with Gasteiger partial charge in [-0.15, -0.1) is 0 Å². The third-order valence-electron chi connectivity index (χ3n) is 7.36. The molecule has 0 spiro atoms. The predicted molar refractivity (Wildman–Crippen MR) is 146 cm³/mol. The van der Waals surface area contributed by atoms with E-state index in [0.717, 1.165) is 31.7 Å². The Hall–Kier alpha value is -0.0800. The predicted octanol–water partition coefficient (Wildman–Crippen LogP) is 9.95. The van der Waals surface area contributed by atoms with Gasteiger partial charge in [0.05, 0.1) is 6.10 Å². The van der Waals surface area contributed by atoms with Crippen molar-refractivity contribution in [2.24, 2.45) is 28.1 Å². The highest BCUT2D eigenvalue weighted by atomic mass is 16.5. The largest absolute Gasteiger partial charge is 0.381 e. The fraction of sp³-hybridized carbons (Fsp3) is 1.00. The van der Waals surface area contributed by atoms with Crippen LogP contribution in [-0.4, -0.2) is 25.9 Å². The second-order valence-electron chi connectivity index (χ2n) is 13.2. The maximum atomic E-state index is 5.64. The molecule has 0 aromatic heterocycles. The van der Waals surface area contributed by atoms with Crippen LogP contribution < -0.4 is 0 Å². The molecule has 0 aromatic rings. The summed E-state index contributed by atoms with van der Waals surface area (Å²) in [6, 6.07) is 0. The highest BCUT2D eigenvalue weighted by Crippen LogP contribution is 2.37. The van der Waals surface area contributed by atoms with Crippen LogP contribution >= 0.6 is 0 Å². The maximum absolute atomic E-state index is 5.64. The van der Waals surface area contributed by atoms with Crippen LogP contribution in [0.1, 0.15) is 141 Å². The highest BCUT2D eigenvalue weighted by Gasteiger charge is 2.27. The Bertz CT molecular complexity index is 351. The smallest absolute Gasteiger partial charge is 0.0623 e. The first-order valence-electron chi connectivity index (χ1n) is 13.0. The number of rotatable bonds is 0. The first kappa shape index (κ1) is 34.1. The molecule has 2 heterocycles. The standard InChI is InChI=1S/C10H20.2C9H18O.2CH4/c1-10(2,3)9-7-5-4-6-8-9;1-9(2,3)8-5-4-6-10-7-8;1-9(2,3)8-6-4-5-7-10-8;;/h9H,4-8H2,1-3H3;2*8H,4-7H2,1-3H3;2*1H4. The Morgan fingerprint density at radius 1 is 0.500 bits per heavy atom. The molecule has 32 heavy (non-hydrogen) atoms. The van der Waals surface area contributed by atoms with Crippen molar-refractivity contribution in [3.63, 3.8) is 0 Å². The van der Waals surface area contributed by atoms with Crippen LogP contribution in [0.5, 0.6) is 0 Å². The van der Waals surface area contributed by atoms with E-state index >= 15 is 0 Å². The van der Waals surface area contributed by atoms with Crippen LogP contribution in [0.4, 0.5) is 0 Å². The molecule has 2 unspecified atom stereocenters. The molecule has 196 valence electrons. The minimum atomic E-state index is 0. The molecule has 0 bridgehead atoms. The molecule has 3 rings (SSSR count). The average Bonchev–Trinajstić information content (AvgIpc) is 2.69. The maximum Gasteiger partial charge on any atom is 0.0623 e. The molecule has 3 aliphatic rings. The molecule has 0 aromatic carbocycles. The summed E-state index contributed by atoms with van der Waals surface area (Å²) in [6.07, 6.45) is 14.3. The van der Waals surface area contributed by atoms with Crippen molar-refractivity contribution in [2.45, 2.75) is 147 Å².